The van der Waals surface area contributed by atoms with Crippen molar-refractivity contribution in [2.24, 2.45) is 7.05 Å². The molecule has 3 heterocycles. The number of nitrogens with zero attached hydrogens (tertiary/aromatic N) is 6. The van der Waals surface area contributed by atoms with Crippen LogP contribution in [0.25, 0.3) is 0 Å². The molecule has 0 saturated carbocycles. The van der Waals surface area contributed by atoms with Crippen molar-refractivity contribution in [3.63, 3.8) is 0 Å². The molecule has 2 aromatic heterocycles. The molecule has 1 N–H and O–H groups in total. The van der Waals surface area contributed by atoms with Gasteiger partial charge in [-0.2, -0.15) is 5.10 Å². The highest BCUT2D eigenvalue weighted by Crippen LogP contribution is 2.44. The number of amides is 1. The summed E-state index contributed by atoms with van der Waals surface area (Å²) in [6.45, 7) is 4.13. The number of anilines is 2. The van der Waals surface area contributed by atoms with Crippen LogP contribution < -0.4 is 10.2 Å². The molecule has 1 saturated heterocycles. The average molecular weight is 384 g/mol. The smallest absolute Gasteiger partial charge is 0.238 e. The van der Waals surface area contributed by atoms with Gasteiger partial charge in [-0.05, 0) is 44.7 Å². The lowest BCUT2D eigenvalue weighted by Gasteiger charge is -2.40. The molecule has 1 amide bonds. The number of likely N-dealkylation sites (tertiary alicyclic amines) is 1. The lowest BCUT2D eigenvalue weighted by molar-refractivity contribution is -0.117. The van der Waals surface area contributed by atoms with E-state index in [2.05, 4.69) is 20.3 Å². The summed E-state index contributed by atoms with van der Waals surface area (Å²) in [4.78, 5) is 26.2. The first-order valence-electron chi connectivity index (χ1n) is 9.92. The molecule has 1 atom stereocenters. The van der Waals surface area contributed by atoms with Gasteiger partial charge in [-0.15, -0.1) is 0 Å². The minimum Gasteiger partial charge on any atom is -0.347 e. The molecule has 2 aliphatic rings. The van der Waals surface area contributed by atoms with E-state index in [1.54, 1.807) is 4.68 Å². The Bertz CT molecular complexity index is 887. The van der Waals surface area contributed by atoms with E-state index in [4.69, 9.17) is 4.98 Å². The number of hydrogen-bond donors (Lipinski definition) is 1. The fourth-order valence-corrected chi connectivity index (χ4v) is 4.62. The van der Waals surface area contributed by atoms with Gasteiger partial charge in [-0.1, -0.05) is 0 Å². The van der Waals surface area contributed by atoms with Crippen molar-refractivity contribution in [2.45, 2.75) is 38.0 Å². The van der Waals surface area contributed by atoms with Gasteiger partial charge >= 0.3 is 0 Å². The molecule has 0 radical (unpaired) electrons. The van der Waals surface area contributed by atoms with E-state index in [0.717, 1.165) is 56.1 Å². The van der Waals surface area contributed by atoms with Crippen molar-refractivity contribution < 1.29 is 4.79 Å². The highest BCUT2D eigenvalue weighted by molar-refractivity contribution is 5.92. The van der Waals surface area contributed by atoms with E-state index < -0.39 is 0 Å². The number of fused-ring (bicyclic) bond motifs is 2. The molecule has 28 heavy (non-hydrogen) atoms. The summed E-state index contributed by atoms with van der Waals surface area (Å²) in [5.74, 6) is 0.782. The van der Waals surface area contributed by atoms with Crippen molar-refractivity contribution in [2.75, 3.05) is 43.9 Å². The molecule has 1 aliphatic carbocycles. The minimum atomic E-state index is 0.0167. The highest BCUT2D eigenvalue weighted by atomic mass is 16.2. The first-order chi connectivity index (χ1) is 13.4. The van der Waals surface area contributed by atoms with Gasteiger partial charge in [-0.3, -0.25) is 14.4 Å². The van der Waals surface area contributed by atoms with Crippen LogP contribution in [0.1, 0.15) is 36.2 Å². The summed E-state index contributed by atoms with van der Waals surface area (Å²) in [7, 11) is 5.81. The third kappa shape index (κ3) is 3.48. The summed E-state index contributed by atoms with van der Waals surface area (Å²) in [5, 5.41) is 7.29. The van der Waals surface area contributed by atoms with E-state index in [-0.39, 0.29) is 11.3 Å². The topological polar surface area (TPSA) is 79.2 Å². The molecule has 1 unspecified atom stereocenters. The average Bonchev–Trinajstić information content (AvgIpc) is 3.14. The maximum Gasteiger partial charge on any atom is 0.238 e. The van der Waals surface area contributed by atoms with Crippen LogP contribution in [0.5, 0.6) is 0 Å². The van der Waals surface area contributed by atoms with Crippen molar-refractivity contribution in [1.29, 1.82) is 0 Å². The largest absolute Gasteiger partial charge is 0.347 e. The number of rotatable bonds is 4. The molecule has 2 aromatic rings. The summed E-state index contributed by atoms with van der Waals surface area (Å²) in [6.07, 6.45) is 8.16. The van der Waals surface area contributed by atoms with Crippen LogP contribution in [0.3, 0.4) is 0 Å². The summed E-state index contributed by atoms with van der Waals surface area (Å²) < 4.78 is 1.72. The molecular formula is C20H29N7O. The Balaban J connectivity index is 1.48. The lowest BCUT2D eigenvalue weighted by atomic mass is 9.77. The fraction of sp³-hybridized carbons (Fsp3) is 0.600. The quantitative estimate of drug-likeness (QED) is 0.862. The molecule has 8 heteroatoms. The van der Waals surface area contributed by atoms with Gasteiger partial charge < -0.3 is 10.2 Å². The van der Waals surface area contributed by atoms with Crippen molar-refractivity contribution >= 4 is 17.5 Å². The number of carbonyl (C=O) groups is 1. The van der Waals surface area contributed by atoms with E-state index in [0.29, 0.717) is 6.54 Å². The predicted molar refractivity (Wildman–Crippen MR) is 109 cm³/mol. The van der Waals surface area contributed by atoms with Crippen LogP contribution in [0.2, 0.25) is 0 Å². The van der Waals surface area contributed by atoms with Gasteiger partial charge in [0.2, 0.25) is 11.9 Å². The first kappa shape index (κ1) is 18.9. The van der Waals surface area contributed by atoms with Crippen LogP contribution in [0.4, 0.5) is 11.6 Å². The third-order valence-corrected chi connectivity index (χ3v) is 5.94. The lowest BCUT2D eigenvalue weighted by Crippen LogP contribution is -2.48. The molecule has 0 bridgehead atoms. The third-order valence-electron chi connectivity index (χ3n) is 5.94. The van der Waals surface area contributed by atoms with Gasteiger partial charge in [0.25, 0.3) is 0 Å². The highest BCUT2D eigenvalue weighted by Gasteiger charge is 2.44. The van der Waals surface area contributed by atoms with Gasteiger partial charge in [0.05, 0.1) is 23.6 Å². The molecule has 0 aromatic carbocycles. The fourth-order valence-electron chi connectivity index (χ4n) is 4.62. The number of hydrogen-bond acceptors (Lipinski definition) is 6. The summed E-state index contributed by atoms with van der Waals surface area (Å²) >= 11 is 0. The Morgan fingerprint density at radius 1 is 1.36 bits per heavy atom. The predicted octanol–water partition coefficient (Wildman–Crippen LogP) is 1.50. The molecular weight excluding hydrogens is 354 g/mol. The monoisotopic (exact) mass is 383 g/mol. The van der Waals surface area contributed by atoms with Crippen LogP contribution >= 0.6 is 0 Å². The zero-order valence-corrected chi connectivity index (χ0v) is 17.2. The molecule has 150 valence electrons. The summed E-state index contributed by atoms with van der Waals surface area (Å²) in [6, 6.07) is 0. The molecule has 4 rings (SSSR count). The van der Waals surface area contributed by atoms with Gasteiger partial charge in [0.1, 0.15) is 0 Å². The maximum atomic E-state index is 12.6. The van der Waals surface area contributed by atoms with Crippen LogP contribution in [-0.4, -0.2) is 64.3 Å². The van der Waals surface area contributed by atoms with Gasteiger partial charge in [0, 0.05) is 45.5 Å². The van der Waals surface area contributed by atoms with Crippen LogP contribution in [-0.2, 0) is 23.7 Å². The minimum absolute atomic E-state index is 0.0167. The van der Waals surface area contributed by atoms with Gasteiger partial charge in [0.15, 0.2) is 0 Å². The van der Waals surface area contributed by atoms with E-state index in [1.807, 2.05) is 45.4 Å². The molecule has 1 aliphatic heterocycles. The van der Waals surface area contributed by atoms with E-state index in [9.17, 15) is 4.79 Å². The molecule has 8 nitrogen and oxygen atoms in total. The van der Waals surface area contributed by atoms with Crippen molar-refractivity contribution in [1.82, 2.24) is 24.6 Å². The molecule has 1 spiro atoms. The maximum absolute atomic E-state index is 12.6. The Hall–Kier alpha value is -2.48. The van der Waals surface area contributed by atoms with Crippen LogP contribution in [0.15, 0.2) is 12.4 Å². The second-order valence-corrected chi connectivity index (χ2v) is 8.38. The number of nitrogens with one attached hydrogen (secondary N) is 1. The number of piperidine rings is 1. The SMILES string of the molecule is Cc1nn(C)cc1NC(=O)CN1CCCC2(CCc3cnc(N(C)C)nc32)C1. The van der Waals surface area contributed by atoms with Crippen molar-refractivity contribution in [3.05, 3.63) is 29.3 Å². The Labute approximate surface area is 165 Å². The number of aryl methyl sites for hydroxylation is 3. The van der Waals surface area contributed by atoms with Crippen LogP contribution in [0, 0.1) is 6.92 Å². The second-order valence-electron chi connectivity index (χ2n) is 8.38. The Morgan fingerprint density at radius 2 is 2.18 bits per heavy atom. The zero-order chi connectivity index (χ0) is 19.9. The molecule has 1 fully saturated rings. The van der Waals surface area contributed by atoms with E-state index >= 15 is 0 Å². The van der Waals surface area contributed by atoms with Crippen molar-refractivity contribution in [3.8, 4) is 0 Å². The Morgan fingerprint density at radius 3 is 2.89 bits per heavy atom. The normalized spacial score (nSPS) is 21.7. The Kier molecular flexibility index (Phi) is 4.82. The zero-order valence-electron chi connectivity index (χ0n) is 17.2. The standard InChI is InChI=1S/C20H29N7O/c1-14-16(11-26(4)24-14)22-17(28)12-27-9-5-7-20(13-27)8-6-15-10-21-19(25(2)3)23-18(15)20/h10-11H,5-9,12-13H2,1-4H3,(H,22,28). The van der Waals surface area contributed by atoms with E-state index in [1.165, 1.54) is 11.3 Å². The van der Waals surface area contributed by atoms with Gasteiger partial charge in [-0.25, -0.2) is 9.97 Å². The second kappa shape index (κ2) is 7.16. The number of aromatic nitrogens is 4. The number of carbonyl (C=O) groups excluding carboxylic acids is 1. The first-order valence-corrected chi connectivity index (χ1v) is 9.92. The summed E-state index contributed by atoms with van der Waals surface area (Å²) in [5.41, 5.74) is 4.13.